The van der Waals surface area contributed by atoms with Gasteiger partial charge in [0, 0.05) is 83.7 Å². The van der Waals surface area contributed by atoms with E-state index in [1.807, 2.05) is 109 Å². The van der Waals surface area contributed by atoms with E-state index in [1.54, 1.807) is 28.7 Å². The molecule has 0 saturated heterocycles. The largest absolute Gasteiger partial charge is 0.493 e. The van der Waals surface area contributed by atoms with Gasteiger partial charge in [0.1, 0.15) is 24.7 Å². The second-order valence-electron chi connectivity index (χ2n) is 20.1. The third-order valence-corrected chi connectivity index (χ3v) is 17.5. The summed E-state index contributed by atoms with van der Waals surface area (Å²) < 4.78 is 18.8. The molecule has 13 nitrogen and oxygen atoms in total. The zero-order valence-electron chi connectivity index (χ0n) is 43.1. The number of unbranched alkanes of at least 4 members (excludes halogenated alkanes) is 1. The van der Waals surface area contributed by atoms with Crippen molar-refractivity contribution in [2.75, 3.05) is 41.1 Å². The van der Waals surface area contributed by atoms with Crippen LogP contribution in [-0.4, -0.2) is 72.6 Å². The molecule has 0 saturated carbocycles. The molecule has 74 heavy (non-hydrogen) atoms. The minimum atomic E-state index is -0.174. The molecule has 0 aromatic heterocycles. The molecule has 0 unspecified atom stereocenters. The fraction of sp³-hybridized carbons (Fsp3) is 0.407. The number of hydrogen-bond donors (Lipinski definition) is 2. The summed E-state index contributed by atoms with van der Waals surface area (Å²) in [6.45, 7) is 9.90. The van der Waals surface area contributed by atoms with Crippen LogP contribution in [0, 0.1) is 6.92 Å². The van der Waals surface area contributed by atoms with E-state index in [0.717, 1.165) is 90.0 Å². The van der Waals surface area contributed by atoms with Crippen LogP contribution in [0.4, 0.5) is 22.7 Å². The van der Waals surface area contributed by atoms with Crippen molar-refractivity contribution in [3.8, 4) is 17.2 Å². The van der Waals surface area contributed by atoms with Gasteiger partial charge in [-0.3, -0.25) is 29.1 Å². The molecule has 5 aromatic rings. The molecule has 0 spiro atoms. The van der Waals surface area contributed by atoms with E-state index < -0.39 is 0 Å². The van der Waals surface area contributed by atoms with Crippen molar-refractivity contribution in [2.24, 2.45) is 4.99 Å². The van der Waals surface area contributed by atoms with Gasteiger partial charge in [-0.05, 0) is 148 Å². The van der Waals surface area contributed by atoms with Crippen LogP contribution in [0.5, 0.6) is 17.2 Å². The van der Waals surface area contributed by atoms with Crippen LogP contribution in [0.15, 0.2) is 96.0 Å². The molecule has 4 heterocycles. The van der Waals surface area contributed by atoms with Gasteiger partial charge >= 0.3 is 0 Å². The minimum Gasteiger partial charge on any atom is -0.493 e. The highest BCUT2D eigenvalue weighted by atomic mass is 33.1. The Labute approximate surface area is 442 Å². The van der Waals surface area contributed by atoms with E-state index in [0.29, 0.717) is 84.2 Å². The number of ether oxygens (including phenoxy) is 3. The third kappa shape index (κ3) is 12.5. The minimum absolute atomic E-state index is 0.0299. The Bertz CT molecular complexity index is 2920. The highest BCUT2D eigenvalue weighted by Crippen LogP contribution is 2.43. The first-order chi connectivity index (χ1) is 35.9. The molecule has 0 radical (unpaired) electrons. The number of benzene rings is 5. The van der Waals surface area contributed by atoms with Crippen LogP contribution in [0.1, 0.15) is 126 Å². The van der Waals surface area contributed by atoms with Crippen molar-refractivity contribution in [1.29, 1.82) is 0 Å². The Hall–Kier alpha value is -6.13. The van der Waals surface area contributed by atoms with Crippen LogP contribution in [0.3, 0.4) is 0 Å². The van der Waals surface area contributed by atoms with Gasteiger partial charge in [0.25, 0.3) is 11.8 Å². The van der Waals surface area contributed by atoms with Gasteiger partial charge in [0.05, 0.1) is 31.0 Å². The van der Waals surface area contributed by atoms with Crippen LogP contribution >= 0.6 is 21.6 Å². The average molecular weight is 1040 g/mol. The summed E-state index contributed by atoms with van der Waals surface area (Å²) in [6, 6.07) is 29.4. The van der Waals surface area contributed by atoms with Gasteiger partial charge < -0.3 is 29.3 Å². The zero-order valence-corrected chi connectivity index (χ0v) is 44.8. The van der Waals surface area contributed by atoms with E-state index in [-0.39, 0.29) is 47.8 Å². The predicted molar refractivity (Wildman–Crippen MR) is 297 cm³/mol. The maximum Gasteiger partial charge on any atom is 0.261 e. The molecule has 15 heteroatoms. The highest BCUT2D eigenvalue weighted by molar-refractivity contribution is 8.77. The SMILES string of the molecule is CCNOCCCCC(=O)CCCSSC(C)(C)CCC(=O)Nc1cc(COc2cc3c(cc2C)C(=O)N2c4ccccc4C[C@H]2C=N3)cc(COc2cc3c(cc2OC)C(=O)N2c4ccccc4C[C@H]2CC3)c1. The number of aryl methyl sites for hydroxylation is 2. The van der Waals surface area contributed by atoms with Gasteiger partial charge in [-0.15, -0.1) is 0 Å². The number of nitrogens with zero attached hydrogens (tertiary/aromatic N) is 3. The summed E-state index contributed by atoms with van der Waals surface area (Å²) in [5.74, 6) is 2.52. The first-order valence-electron chi connectivity index (χ1n) is 26.0. The molecule has 4 aliphatic rings. The lowest BCUT2D eigenvalue weighted by molar-refractivity contribution is -0.119. The number of anilines is 3. The van der Waals surface area contributed by atoms with Crippen LogP contribution in [0.2, 0.25) is 0 Å². The molecule has 2 atom stereocenters. The maximum absolute atomic E-state index is 14.2. The number of fused-ring (bicyclic) bond motifs is 8. The van der Waals surface area contributed by atoms with E-state index in [9.17, 15) is 19.2 Å². The second-order valence-corrected chi connectivity index (χ2v) is 23.2. The molecule has 4 aliphatic heterocycles. The van der Waals surface area contributed by atoms with E-state index in [4.69, 9.17) is 24.0 Å². The average Bonchev–Trinajstić information content (AvgIpc) is 3.89. The smallest absolute Gasteiger partial charge is 0.261 e. The lowest BCUT2D eigenvalue weighted by Crippen LogP contribution is -2.37. The Morgan fingerprint density at radius 2 is 1.47 bits per heavy atom. The Kier molecular flexibility index (Phi) is 17.1. The molecule has 3 amide bonds. The van der Waals surface area contributed by atoms with E-state index in [2.05, 4.69) is 36.8 Å². The molecule has 9 rings (SSSR count). The fourth-order valence-electron chi connectivity index (χ4n) is 10.2. The quantitative estimate of drug-likeness (QED) is 0.0346. The number of carbonyl (C=O) groups is 4. The number of ketones is 1. The Morgan fingerprint density at radius 3 is 2.23 bits per heavy atom. The number of amides is 3. The summed E-state index contributed by atoms with van der Waals surface area (Å²) in [4.78, 5) is 68.2. The van der Waals surface area contributed by atoms with Gasteiger partial charge in [-0.2, -0.15) is 0 Å². The van der Waals surface area contributed by atoms with E-state index in [1.165, 1.54) is 5.56 Å². The summed E-state index contributed by atoms with van der Waals surface area (Å²) >= 11 is 0. The van der Waals surface area contributed by atoms with Crippen molar-refractivity contribution < 1.29 is 38.2 Å². The van der Waals surface area contributed by atoms with Gasteiger partial charge in [-0.1, -0.05) is 64.9 Å². The molecule has 0 aliphatic carbocycles. The van der Waals surface area contributed by atoms with Gasteiger partial charge in [0.15, 0.2) is 11.5 Å². The third-order valence-electron chi connectivity index (χ3n) is 14.0. The summed E-state index contributed by atoms with van der Waals surface area (Å²) in [5, 5.41) is 3.16. The first-order valence-corrected chi connectivity index (χ1v) is 28.3. The number of aliphatic imine (C=N–C) groups is 1. The number of hydrogen-bond acceptors (Lipinski definition) is 12. The van der Waals surface area contributed by atoms with Crippen molar-refractivity contribution in [2.45, 2.75) is 128 Å². The summed E-state index contributed by atoms with van der Waals surface area (Å²) in [6.07, 6.45) is 9.61. The second kappa shape index (κ2) is 24.0. The monoisotopic (exact) mass is 1040 g/mol. The molecular weight excluding hydrogens is 971 g/mol. The van der Waals surface area contributed by atoms with Crippen molar-refractivity contribution >= 4 is 74.1 Å². The number of hydroxylamine groups is 1. The number of methoxy groups -OCH3 is 1. The fourth-order valence-corrected chi connectivity index (χ4v) is 12.9. The lowest BCUT2D eigenvalue weighted by atomic mass is 9.99. The standard InChI is InChI=1S/C59H67N5O8S2/c1-6-61-72-24-12-11-16-47(65)17-13-25-73-74-59(3,4)23-22-56(66)62-44-28-39(36-70-53-34-50-49(26-38(53)2)58(68)64-46(35-60-50)31-43-15-8-10-19-52(43)64)27-40(29-44)37-71-55-32-41-20-21-45-30-42-14-7-9-18-51(42)63(45)57(67)48(41)33-54(55)69-5/h7-10,14-15,18-19,26-29,32-35,45-46,61H,6,11-13,16-17,20-25,30-31,36-37H2,1-5H3,(H,62,66)/t45-,46+/m1/s1. The van der Waals surface area contributed by atoms with Crippen LogP contribution in [-0.2, 0) is 46.9 Å². The number of para-hydroxylation sites is 2. The molecule has 0 fully saturated rings. The summed E-state index contributed by atoms with van der Waals surface area (Å²) in [7, 11) is 5.09. The lowest BCUT2D eigenvalue weighted by Gasteiger charge is -2.23. The van der Waals surface area contributed by atoms with E-state index >= 15 is 0 Å². The number of nitrogens with one attached hydrogen (secondary N) is 2. The van der Waals surface area contributed by atoms with Crippen molar-refractivity contribution in [3.05, 3.63) is 136 Å². The molecule has 388 valence electrons. The Morgan fingerprint density at radius 1 is 0.770 bits per heavy atom. The molecule has 2 N–H and O–H groups in total. The number of carbonyl (C=O) groups excluding carboxylic acids is 4. The van der Waals surface area contributed by atoms with Crippen molar-refractivity contribution in [3.63, 3.8) is 0 Å². The topological polar surface area (TPSA) is 148 Å². The number of rotatable bonds is 24. The maximum atomic E-state index is 14.2. The molecule has 5 aromatic carbocycles. The highest BCUT2D eigenvalue weighted by Gasteiger charge is 2.38. The van der Waals surface area contributed by atoms with Gasteiger partial charge in [-0.25, -0.2) is 5.48 Å². The Balaban J connectivity index is 0.870. The molecule has 0 bridgehead atoms. The summed E-state index contributed by atoms with van der Waals surface area (Å²) in [5.41, 5.74) is 12.7. The normalized spacial score (nSPS) is 16.3. The van der Waals surface area contributed by atoms with Gasteiger partial charge in [0.2, 0.25) is 5.91 Å². The number of Topliss-reactive ketones (excluding diaryl/α,β-unsaturated/α-hetero) is 1. The van der Waals surface area contributed by atoms with Crippen LogP contribution < -0.4 is 34.8 Å². The predicted octanol–water partition coefficient (Wildman–Crippen LogP) is 11.9. The first kappa shape index (κ1) is 52.7. The van der Waals surface area contributed by atoms with Crippen LogP contribution in [0.25, 0.3) is 0 Å². The van der Waals surface area contributed by atoms with Crippen molar-refractivity contribution in [1.82, 2.24) is 5.48 Å². The molecular formula is C59H67N5O8S2. The zero-order chi connectivity index (χ0) is 51.8.